The summed E-state index contributed by atoms with van der Waals surface area (Å²) in [5.41, 5.74) is 2.61. The van der Waals surface area contributed by atoms with E-state index in [1.54, 1.807) is 38.3 Å². The number of fused-ring (bicyclic) bond motifs is 1. The van der Waals surface area contributed by atoms with Gasteiger partial charge in [0.15, 0.2) is 12.7 Å². The van der Waals surface area contributed by atoms with Crippen LogP contribution < -0.4 is 9.47 Å². The average Bonchev–Trinajstić information content (AvgIpc) is 3.42. The van der Waals surface area contributed by atoms with E-state index < -0.39 is 24.6 Å². The number of rotatable bonds is 8. The molecule has 2 unspecified atom stereocenters. The molecule has 5 rings (SSSR count). The van der Waals surface area contributed by atoms with E-state index >= 15 is 0 Å². The fraction of sp³-hybridized carbons (Fsp3) is 0.194. The molecule has 7 nitrogen and oxygen atoms in total. The van der Waals surface area contributed by atoms with Gasteiger partial charge in [0.1, 0.15) is 11.5 Å². The molecule has 0 bridgehead atoms. The van der Waals surface area contributed by atoms with Crippen molar-refractivity contribution in [3.63, 3.8) is 0 Å². The predicted octanol–water partition coefficient (Wildman–Crippen LogP) is 6.19. The molecule has 1 aliphatic heterocycles. The smallest absolute Gasteiger partial charge is 0.347 e. The number of carbonyl (C=O) groups excluding carboxylic acids is 2. The molecule has 4 aromatic rings. The Kier molecular flexibility index (Phi) is 7.79. The lowest BCUT2D eigenvalue weighted by molar-refractivity contribution is -0.158. The fourth-order valence-corrected chi connectivity index (χ4v) is 4.58. The van der Waals surface area contributed by atoms with Crippen LogP contribution in [0.4, 0.5) is 0 Å². The standard InChI is InChI=1S/C31H27ClN2O5/c1-20(39-27-15-11-25(32)12-16-27)31(36)38-19-30(35)34-29(22-9-13-26(37-2)14-10-22)18-28(33-34)24-8-7-21-5-3-4-6-23(21)17-24/h3-17,20,29H,18-19H2,1-2H3. The van der Waals surface area contributed by atoms with E-state index in [4.69, 9.17) is 30.9 Å². The molecule has 0 saturated heterocycles. The molecule has 0 N–H and O–H groups in total. The molecule has 39 heavy (non-hydrogen) atoms. The summed E-state index contributed by atoms with van der Waals surface area (Å²) in [5, 5.41) is 8.88. The number of esters is 1. The van der Waals surface area contributed by atoms with Crippen molar-refractivity contribution in [3.05, 3.63) is 107 Å². The van der Waals surface area contributed by atoms with Gasteiger partial charge < -0.3 is 14.2 Å². The lowest BCUT2D eigenvalue weighted by Crippen LogP contribution is -2.34. The second kappa shape index (κ2) is 11.6. The molecule has 0 saturated carbocycles. The van der Waals surface area contributed by atoms with E-state index in [0.29, 0.717) is 22.9 Å². The Morgan fingerprint density at radius 3 is 2.36 bits per heavy atom. The Morgan fingerprint density at radius 2 is 1.64 bits per heavy atom. The molecule has 1 amide bonds. The number of amides is 1. The maximum Gasteiger partial charge on any atom is 0.347 e. The quantitative estimate of drug-likeness (QED) is 0.248. The highest BCUT2D eigenvalue weighted by molar-refractivity contribution is 6.30. The lowest BCUT2D eigenvalue weighted by atomic mass is 9.97. The van der Waals surface area contributed by atoms with Crippen molar-refractivity contribution in [1.82, 2.24) is 5.01 Å². The molecule has 4 aromatic carbocycles. The minimum Gasteiger partial charge on any atom is -0.497 e. The van der Waals surface area contributed by atoms with Crippen molar-refractivity contribution in [2.75, 3.05) is 13.7 Å². The maximum absolute atomic E-state index is 13.3. The summed E-state index contributed by atoms with van der Waals surface area (Å²) < 4.78 is 16.2. The zero-order valence-electron chi connectivity index (χ0n) is 21.5. The van der Waals surface area contributed by atoms with Crippen LogP contribution in [0, 0.1) is 0 Å². The van der Waals surface area contributed by atoms with Crippen LogP contribution in [0.5, 0.6) is 11.5 Å². The predicted molar refractivity (Wildman–Crippen MR) is 150 cm³/mol. The van der Waals surface area contributed by atoms with E-state index in [2.05, 4.69) is 12.1 Å². The third kappa shape index (κ3) is 6.04. The molecular formula is C31H27ClN2O5. The van der Waals surface area contributed by atoms with Crippen LogP contribution in [0.2, 0.25) is 5.02 Å². The van der Waals surface area contributed by atoms with Crippen LogP contribution >= 0.6 is 11.6 Å². The summed E-state index contributed by atoms with van der Waals surface area (Å²) in [6.45, 7) is 1.10. The zero-order valence-corrected chi connectivity index (χ0v) is 22.3. The first-order valence-electron chi connectivity index (χ1n) is 12.5. The molecule has 1 aliphatic rings. The van der Waals surface area contributed by atoms with E-state index in [9.17, 15) is 9.59 Å². The van der Waals surface area contributed by atoms with Gasteiger partial charge in [0.05, 0.1) is 18.9 Å². The van der Waals surface area contributed by atoms with Crippen molar-refractivity contribution in [3.8, 4) is 11.5 Å². The second-order valence-corrected chi connectivity index (χ2v) is 9.60. The van der Waals surface area contributed by atoms with Crippen LogP contribution in [0.25, 0.3) is 10.8 Å². The molecule has 0 fully saturated rings. The molecule has 8 heteroatoms. The first-order valence-corrected chi connectivity index (χ1v) is 12.9. The van der Waals surface area contributed by atoms with Gasteiger partial charge in [0.25, 0.3) is 5.91 Å². The van der Waals surface area contributed by atoms with Crippen molar-refractivity contribution < 1.29 is 23.8 Å². The van der Waals surface area contributed by atoms with E-state index in [-0.39, 0.29) is 6.04 Å². The van der Waals surface area contributed by atoms with Crippen LogP contribution in [0.3, 0.4) is 0 Å². The normalized spacial score (nSPS) is 15.5. The molecule has 0 radical (unpaired) electrons. The first-order chi connectivity index (χ1) is 18.9. The van der Waals surface area contributed by atoms with Gasteiger partial charge in [-0.05, 0) is 71.3 Å². The number of nitrogens with zero attached hydrogens (tertiary/aromatic N) is 2. The number of carbonyl (C=O) groups is 2. The van der Waals surface area contributed by atoms with Crippen LogP contribution in [0.1, 0.15) is 30.5 Å². The summed E-state index contributed by atoms with van der Waals surface area (Å²) in [6.07, 6.45) is -0.396. The van der Waals surface area contributed by atoms with E-state index in [1.165, 1.54) is 5.01 Å². The molecule has 0 aliphatic carbocycles. The lowest BCUT2D eigenvalue weighted by Gasteiger charge is -2.22. The highest BCUT2D eigenvalue weighted by Gasteiger charge is 2.34. The highest BCUT2D eigenvalue weighted by atomic mass is 35.5. The second-order valence-electron chi connectivity index (χ2n) is 9.16. The summed E-state index contributed by atoms with van der Waals surface area (Å²) in [5.74, 6) is 0.101. The van der Waals surface area contributed by atoms with Gasteiger partial charge in [-0.1, -0.05) is 60.1 Å². The summed E-state index contributed by atoms with van der Waals surface area (Å²) in [6, 6.07) is 28.0. The number of ether oxygens (including phenoxy) is 3. The zero-order chi connectivity index (χ0) is 27.4. The van der Waals surface area contributed by atoms with Crippen molar-refractivity contribution in [1.29, 1.82) is 0 Å². The van der Waals surface area contributed by atoms with Gasteiger partial charge in [0.2, 0.25) is 0 Å². The molecule has 0 spiro atoms. The minimum absolute atomic E-state index is 0.355. The SMILES string of the molecule is COc1ccc(C2CC(c3ccc4ccccc4c3)=NN2C(=O)COC(=O)C(C)Oc2ccc(Cl)cc2)cc1. The summed E-state index contributed by atoms with van der Waals surface area (Å²) in [4.78, 5) is 25.9. The van der Waals surface area contributed by atoms with E-state index in [1.807, 2.05) is 54.6 Å². The Balaban J connectivity index is 1.33. The minimum atomic E-state index is -0.911. The Labute approximate surface area is 231 Å². The van der Waals surface area contributed by atoms with Gasteiger partial charge in [-0.2, -0.15) is 5.10 Å². The maximum atomic E-state index is 13.3. The van der Waals surface area contributed by atoms with E-state index in [0.717, 1.165) is 27.6 Å². The van der Waals surface area contributed by atoms with Crippen molar-refractivity contribution >= 4 is 40.0 Å². The molecule has 1 heterocycles. The number of hydrogen-bond acceptors (Lipinski definition) is 6. The van der Waals surface area contributed by atoms with Crippen LogP contribution in [-0.4, -0.2) is 42.4 Å². The number of hydrogen-bond donors (Lipinski definition) is 0. The topological polar surface area (TPSA) is 77.4 Å². The summed E-state index contributed by atoms with van der Waals surface area (Å²) in [7, 11) is 1.60. The fourth-order valence-electron chi connectivity index (χ4n) is 4.45. The molecule has 0 aromatic heterocycles. The largest absolute Gasteiger partial charge is 0.497 e. The first kappa shape index (κ1) is 26.3. The Bertz CT molecular complexity index is 1520. The number of methoxy groups -OCH3 is 1. The summed E-state index contributed by atoms with van der Waals surface area (Å²) >= 11 is 5.90. The molecular weight excluding hydrogens is 516 g/mol. The van der Waals surface area contributed by atoms with Gasteiger partial charge in [-0.15, -0.1) is 0 Å². The highest BCUT2D eigenvalue weighted by Crippen LogP contribution is 2.34. The third-order valence-electron chi connectivity index (χ3n) is 6.55. The van der Waals surface area contributed by atoms with Gasteiger partial charge in [-0.3, -0.25) is 4.79 Å². The monoisotopic (exact) mass is 542 g/mol. The number of benzene rings is 4. The number of halogens is 1. The Hall–Kier alpha value is -4.36. The van der Waals surface area contributed by atoms with Crippen LogP contribution in [0.15, 0.2) is 96.1 Å². The van der Waals surface area contributed by atoms with Gasteiger partial charge in [0, 0.05) is 11.4 Å². The Morgan fingerprint density at radius 1 is 0.949 bits per heavy atom. The van der Waals surface area contributed by atoms with Crippen molar-refractivity contribution in [2.24, 2.45) is 5.10 Å². The average molecular weight is 543 g/mol. The van der Waals surface area contributed by atoms with Crippen molar-refractivity contribution in [2.45, 2.75) is 25.5 Å². The van der Waals surface area contributed by atoms with Gasteiger partial charge >= 0.3 is 5.97 Å². The third-order valence-corrected chi connectivity index (χ3v) is 6.80. The molecule has 2 atom stereocenters. The molecule has 198 valence electrons. The van der Waals surface area contributed by atoms with Gasteiger partial charge in [-0.25, -0.2) is 9.80 Å². The number of hydrazone groups is 1. The van der Waals surface area contributed by atoms with Crippen LogP contribution in [-0.2, 0) is 14.3 Å².